The number of thioether (sulfide) groups is 1. The van der Waals surface area contributed by atoms with Gasteiger partial charge in [-0.05, 0) is 60.5 Å². The molecule has 6 rings (SSSR count). The first-order valence-electron chi connectivity index (χ1n) is 13.3. The monoisotopic (exact) mass is 573 g/mol. The average Bonchev–Trinajstić information content (AvgIpc) is 3.57. The van der Waals surface area contributed by atoms with Crippen molar-refractivity contribution in [2.24, 2.45) is 0 Å². The predicted molar refractivity (Wildman–Crippen MR) is 170 cm³/mol. The van der Waals surface area contributed by atoms with E-state index in [1.165, 1.54) is 11.8 Å². The molecule has 0 bridgehead atoms. The van der Waals surface area contributed by atoms with E-state index >= 15 is 0 Å². The van der Waals surface area contributed by atoms with Gasteiger partial charge in [-0.1, -0.05) is 103 Å². The van der Waals surface area contributed by atoms with Gasteiger partial charge in [-0.25, -0.2) is 4.68 Å². The number of hydrogen-bond donors (Lipinski definition) is 0. The van der Waals surface area contributed by atoms with E-state index in [1.807, 2.05) is 139 Å². The lowest BCUT2D eigenvalue weighted by Gasteiger charge is -2.23. The van der Waals surface area contributed by atoms with Crippen LogP contribution in [0, 0.1) is 0 Å². The number of ether oxygens (including phenoxy) is 1. The van der Waals surface area contributed by atoms with Crippen LogP contribution in [0.15, 0.2) is 126 Å². The molecule has 1 aliphatic rings. The topological polar surface area (TPSA) is 47.4 Å². The molecule has 1 aromatic heterocycles. The first-order valence-corrected chi connectivity index (χ1v) is 14.5. The van der Waals surface area contributed by atoms with Crippen molar-refractivity contribution in [2.75, 3.05) is 0 Å². The lowest BCUT2D eigenvalue weighted by atomic mass is 10.1. The van der Waals surface area contributed by atoms with Crippen LogP contribution in [0.1, 0.15) is 29.7 Å². The highest BCUT2D eigenvalue weighted by atomic mass is 32.2. The number of carbonyl (C=O) groups excluding carboxylic acids is 1. The van der Waals surface area contributed by atoms with Crippen LogP contribution < -0.4 is 4.74 Å². The maximum Gasteiger partial charge on any atom is 0.266 e. The molecule has 1 fully saturated rings. The second kappa shape index (κ2) is 12.0. The normalized spacial score (nSPS) is 15.0. The smallest absolute Gasteiger partial charge is 0.266 e. The molecule has 0 saturated carbocycles. The Hall–Kier alpha value is -4.46. The Morgan fingerprint density at radius 3 is 2.20 bits per heavy atom. The van der Waals surface area contributed by atoms with Gasteiger partial charge in [-0.2, -0.15) is 5.10 Å². The molecule has 4 aromatic carbocycles. The number of hydrogen-bond acceptors (Lipinski definition) is 5. The van der Waals surface area contributed by atoms with Crippen molar-refractivity contribution in [3.63, 3.8) is 0 Å². The summed E-state index contributed by atoms with van der Waals surface area (Å²) in [7, 11) is 0. The molecule has 41 heavy (non-hydrogen) atoms. The molecule has 0 radical (unpaired) electrons. The van der Waals surface area contributed by atoms with Crippen LogP contribution in [0.25, 0.3) is 23.0 Å². The van der Waals surface area contributed by atoms with Gasteiger partial charge in [-0.15, -0.1) is 0 Å². The first-order chi connectivity index (χ1) is 20.1. The summed E-state index contributed by atoms with van der Waals surface area (Å²) in [6, 6.07) is 37.7. The van der Waals surface area contributed by atoms with Crippen LogP contribution in [-0.2, 0) is 11.4 Å². The zero-order chi connectivity index (χ0) is 28.2. The van der Waals surface area contributed by atoms with Crippen molar-refractivity contribution in [3.8, 4) is 22.7 Å². The molecule has 0 unspecified atom stereocenters. The van der Waals surface area contributed by atoms with Crippen LogP contribution in [-0.4, -0.2) is 24.9 Å². The number of benzene rings is 4. The molecule has 1 amide bonds. The maximum absolute atomic E-state index is 13.6. The van der Waals surface area contributed by atoms with Crippen LogP contribution >= 0.6 is 24.0 Å². The molecule has 7 heteroatoms. The second-order valence-corrected chi connectivity index (χ2v) is 11.3. The fourth-order valence-corrected chi connectivity index (χ4v) is 6.13. The lowest BCUT2D eigenvalue weighted by Crippen LogP contribution is -2.30. The summed E-state index contributed by atoms with van der Waals surface area (Å²) in [5, 5.41) is 4.93. The van der Waals surface area contributed by atoms with Gasteiger partial charge in [0.2, 0.25) is 0 Å². The Bertz CT molecular complexity index is 1700. The van der Waals surface area contributed by atoms with E-state index in [0.717, 1.165) is 39.4 Å². The molecule has 0 aliphatic carbocycles. The van der Waals surface area contributed by atoms with Crippen molar-refractivity contribution in [3.05, 3.63) is 143 Å². The molecule has 5 nitrogen and oxygen atoms in total. The lowest BCUT2D eigenvalue weighted by molar-refractivity contribution is -0.123. The minimum Gasteiger partial charge on any atom is -0.489 e. The maximum atomic E-state index is 13.6. The molecule has 1 aliphatic heterocycles. The molecular weight excluding hydrogens is 547 g/mol. The summed E-state index contributed by atoms with van der Waals surface area (Å²) in [6.45, 7) is 2.50. The van der Waals surface area contributed by atoms with Crippen molar-refractivity contribution in [1.82, 2.24) is 14.7 Å². The molecule has 2 heterocycles. The molecule has 5 aromatic rings. The third-order valence-corrected chi connectivity index (χ3v) is 8.25. The second-order valence-electron chi connectivity index (χ2n) is 9.65. The standard InChI is InChI=1S/C34H27N3O2S2/c1-24(26-13-7-3-8-14-26)37-33(38)31(41-34(37)40)21-28-22-36(29-15-9-4-10-16-29)35-32(28)27-17-19-30(20-18-27)39-23-25-11-5-2-6-12-25/h2-22,24H,23H2,1H3/b31-21-/t24-/m0/s1. The van der Waals surface area contributed by atoms with E-state index in [9.17, 15) is 4.79 Å². The Balaban J connectivity index is 1.31. The van der Waals surface area contributed by atoms with Crippen molar-refractivity contribution >= 4 is 40.3 Å². The summed E-state index contributed by atoms with van der Waals surface area (Å²) in [4.78, 5) is 15.9. The van der Waals surface area contributed by atoms with Gasteiger partial charge >= 0.3 is 0 Å². The number of aromatic nitrogens is 2. The Labute approximate surface area is 249 Å². The summed E-state index contributed by atoms with van der Waals surface area (Å²) in [5.41, 5.74) is 5.61. The minimum absolute atomic E-state index is 0.0978. The molecule has 202 valence electrons. The van der Waals surface area contributed by atoms with Gasteiger partial charge in [0.05, 0.1) is 22.3 Å². The van der Waals surface area contributed by atoms with Gasteiger partial charge in [0.25, 0.3) is 5.91 Å². The number of amides is 1. The van der Waals surface area contributed by atoms with E-state index < -0.39 is 0 Å². The number of thiocarbonyl (C=S) groups is 1. The third-order valence-electron chi connectivity index (χ3n) is 6.92. The molecule has 0 spiro atoms. The molecular formula is C34H27N3O2S2. The minimum atomic E-state index is -0.162. The van der Waals surface area contributed by atoms with E-state index in [0.29, 0.717) is 15.8 Å². The SMILES string of the molecule is C[C@@H](c1ccccc1)N1C(=O)/C(=C/c2cn(-c3ccccc3)nc2-c2ccc(OCc3ccccc3)cc2)SC1=S. The molecule has 1 saturated heterocycles. The van der Waals surface area contributed by atoms with E-state index in [4.69, 9.17) is 22.1 Å². The Kier molecular flexibility index (Phi) is 7.80. The highest BCUT2D eigenvalue weighted by Gasteiger charge is 2.36. The molecule has 0 N–H and O–H groups in total. The summed E-state index contributed by atoms with van der Waals surface area (Å²) >= 11 is 6.99. The number of rotatable bonds is 8. The van der Waals surface area contributed by atoms with Crippen molar-refractivity contribution in [1.29, 1.82) is 0 Å². The highest BCUT2D eigenvalue weighted by molar-refractivity contribution is 8.26. The van der Waals surface area contributed by atoms with Gasteiger partial charge in [-0.3, -0.25) is 9.69 Å². The zero-order valence-electron chi connectivity index (χ0n) is 22.4. The summed E-state index contributed by atoms with van der Waals surface area (Å²) in [5.74, 6) is 0.678. The van der Waals surface area contributed by atoms with Crippen molar-refractivity contribution in [2.45, 2.75) is 19.6 Å². The van der Waals surface area contributed by atoms with Crippen LogP contribution in [0.2, 0.25) is 0 Å². The summed E-state index contributed by atoms with van der Waals surface area (Å²) in [6.07, 6.45) is 3.86. The average molecular weight is 574 g/mol. The summed E-state index contributed by atoms with van der Waals surface area (Å²) < 4.78 is 8.38. The van der Waals surface area contributed by atoms with E-state index in [-0.39, 0.29) is 11.9 Å². The highest BCUT2D eigenvalue weighted by Crippen LogP contribution is 2.39. The zero-order valence-corrected chi connectivity index (χ0v) is 24.0. The van der Waals surface area contributed by atoms with Crippen LogP contribution in [0.4, 0.5) is 0 Å². The molecule has 1 atom stereocenters. The predicted octanol–water partition coefficient (Wildman–Crippen LogP) is 8.08. The third kappa shape index (κ3) is 5.87. The fourth-order valence-electron chi connectivity index (χ4n) is 4.72. The van der Waals surface area contributed by atoms with E-state index in [2.05, 4.69) is 0 Å². The number of carbonyl (C=O) groups is 1. The van der Waals surface area contributed by atoms with Gasteiger partial charge in [0.15, 0.2) is 0 Å². The Morgan fingerprint density at radius 2 is 1.51 bits per heavy atom. The van der Waals surface area contributed by atoms with Gasteiger partial charge in [0.1, 0.15) is 16.7 Å². The number of nitrogens with zero attached hydrogens (tertiary/aromatic N) is 3. The van der Waals surface area contributed by atoms with Crippen LogP contribution in [0.3, 0.4) is 0 Å². The first kappa shape index (κ1) is 26.7. The van der Waals surface area contributed by atoms with Gasteiger partial charge in [0, 0.05) is 17.3 Å². The van der Waals surface area contributed by atoms with Gasteiger partial charge < -0.3 is 4.74 Å². The number of para-hydroxylation sites is 1. The quantitative estimate of drug-likeness (QED) is 0.139. The fraction of sp³-hybridized carbons (Fsp3) is 0.0882. The largest absolute Gasteiger partial charge is 0.489 e. The van der Waals surface area contributed by atoms with Crippen LogP contribution in [0.5, 0.6) is 5.75 Å². The van der Waals surface area contributed by atoms with E-state index in [1.54, 1.807) is 4.90 Å². The Morgan fingerprint density at radius 1 is 0.878 bits per heavy atom. The van der Waals surface area contributed by atoms with Crippen molar-refractivity contribution < 1.29 is 9.53 Å².